The van der Waals surface area contributed by atoms with Crippen LogP contribution in [0.4, 0.5) is 13.2 Å². The smallest absolute Gasteiger partial charge is 0.347 e. The van der Waals surface area contributed by atoms with Gasteiger partial charge in [-0.1, -0.05) is 54.5 Å². The number of hydrogen-bond donors (Lipinski definition) is 1. The maximum absolute atomic E-state index is 14.4. The fourth-order valence-electron chi connectivity index (χ4n) is 11.3. The first kappa shape index (κ1) is 30.3. The molecule has 0 aromatic rings. The van der Waals surface area contributed by atoms with Crippen molar-refractivity contribution >= 4 is 17.5 Å². The third kappa shape index (κ3) is 4.34. The minimum absolute atomic E-state index is 0.0253. The van der Waals surface area contributed by atoms with Crippen LogP contribution in [0, 0.1) is 73.9 Å². The number of amides is 1. The quantitative estimate of drug-likeness (QED) is 0.392. The number of Topliss-reactive ketones (excluding diaryl/α,β-unsaturated/α-hetero) is 2. The minimum Gasteiger partial charge on any atom is -0.347 e. The summed E-state index contributed by atoms with van der Waals surface area (Å²) in [4.78, 5) is 40.8. The van der Waals surface area contributed by atoms with Crippen molar-refractivity contribution in [1.29, 1.82) is 5.26 Å². The Hall–Kier alpha value is -2.17. The van der Waals surface area contributed by atoms with Gasteiger partial charge in [-0.15, -0.1) is 0 Å². The third-order valence-electron chi connectivity index (χ3n) is 13.1. The first-order valence-corrected chi connectivity index (χ1v) is 15.3. The molecule has 5 aliphatic carbocycles. The highest BCUT2D eigenvalue weighted by Crippen LogP contribution is 2.74. The Morgan fingerprint density at radius 2 is 1.61 bits per heavy atom. The summed E-state index contributed by atoms with van der Waals surface area (Å²) in [5.74, 6) is -1.48. The lowest BCUT2D eigenvalue weighted by atomic mass is 9.32. The van der Waals surface area contributed by atoms with Crippen LogP contribution in [-0.4, -0.2) is 30.2 Å². The van der Waals surface area contributed by atoms with E-state index < -0.39 is 35.4 Å². The number of fused-ring (bicyclic) bond motifs is 7. The number of nitrogens with zero attached hydrogens (tertiary/aromatic N) is 1. The van der Waals surface area contributed by atoms with Crippen LogP contribution in [0.5, 0.6) is 0 Å². The average molecular weight is 575 g/mol. The molecule has 0 heterocycles. The van der Waals surface area contributed by atoms with Gasteiger partial charge in [0.15, 0.2) is 5.78 Å². The van der Waals surface area contributed by atoms with E-state index in [1.807, 2.05) is 19.9 Å². The van der Waals surface area contributed by atoms with E-state index in [4.69, 9.17) is 0 Å². The number of nitriles is 1. The van der Waals surface area contributed by atoms with E-state index in [0.717, 1.165) is 25.7 Å². The normalized spacial score (nSPS) is 44.8. The van der Waals surface area contributed by atoms with Gasteiger partial charge < -0.3 is 5.32 Å². The van der Waals surface area contributed by atoms with Gasteiger partial charge in [-0.3, -0.25) is 14.4 Å². The molecule has 5 rings (SSSR count). The number of ketones is 2. The van der Waals surface area contributed by atoms with Gasteiger partial charge in [0, 0.05) is 23.7 Å². The molecule has 1 N–H and O–H groups in total. The first-order valence-electron chi connectivity index (χ1n) is 15.3. The second kappa shape index (κ2) is 9.16. The van der Waals surface area contributed by atoms with Crippen LogP contribution in [0.1, 0.15) is 93.4 Å². The van der Waals surface area contributed by atoms with Crippen LogP contribution in [-0.2, 0) is 14.4 Å². The fraction of sp³-hybridized carbons (Fsp3) is 0.818. The predicted octanol–water partition coefficient (Wildman–Crippen LogP) is 6.82. The van der Waals surface area contributed by atoms with Gasteiger partial charge in [-0.25, -0.2) is 0 Å². The molecular formula is C33H45F3N2O3. The van der Waals surface area contributed by atoms with Gasteiger partial charge in [0.2, 0.25) is 5.91 Å². The molecule has 0 spiro atoms. The van der Waals surface area contributed by atoms with Gasteiger partial charge in [0.1, 0.15) is 18.4 Å². The van der Waals surface area contributed by atoms with E-state index in [1.165, 1.54) is 0 Å². The average Bonchev–Trinajstić information content (AvgIpc) is 2.84. The number of hydrogen-bond acceptors (Lipinski definition) is 4. The second-order valence-corrected chi connectivity index (χ2v) is 16.1. The highest BCUT2D eigenvalue weighted by atomic mass is 19.4. The summed E-state index contributed by atoms with van der Waals surface area (Å²) in [6.45, 7) is 13.4. The van der Waals surface area contributed by atoms with Crippen LogP contribution in [0.25, 0.3) is 0 Å². The van der Waals surface area contributed by atoms with Crippen molar-refractivity contribution in [2.75, 3.05) is 6.54 Å². The van der Waals surface area contributed by atoms with Crippen LogP contribution in [0.3, 0.4) is 0 Å². The number of carbonyl (C=O) groups excluding carboxylic acids is 3. The highest BCUT2D eigenvalue weighted by molar-refractivity contribution is 6.04. The number of halogens is 3. The predicted molar refractivity (Wildman–Crippen MR) is 148 cm³/mol. The van der Waals surface area contributed by atoms with Gasteiger partial charge in [0.05, 0.1) is 5.57 Å². The Kier molecular flexibility index (Phi) is 6.77. The van der Waals surface area contributed by atoms with Crippen LogP contribution < -0.4 is 5.32 Å². The Balaban J connectivity index is 1.53. The lowest BCUT2D eigenvalue weighted by molar-refractivity contribution is -0.214. The van der Waals surface area contributed by atoms with E-state index in [2.05, 4.69) is 46.0 Å². The SMILES string of the molecule is CC1(C)C[C@H]2[C@H](CC[C@]3(C)[C@@H]2C(=O)CC2[C@@]4(C)C=C(C#N)C(=O)C(C)(C)[C@@H]4CC[C@]23C)[C@H](C(=O)NCC(F)(F)F)C1. The fourth-order valence-corrected chi connectivity index (χ4v) is 11.3. The van der Waals surface area contributed by atoms with Crippen LogP contribution in [0.2, 0.25) is 0 Å². The van der Waals surface area contributed by atoms with Crippen molar-refractivity contribution < 1.29 is 27.6 Å². The van der Waals surface area contributed by atoms with Crippen molar-refractivity contribution in [3.8, 4) is 6.07 Å². The number of rotatable bonds is 2. The molecular weight excluding hydrogens is 529 g/mol. The summed E-state index contributed by atoms with van der Waals surface area (Å²) in [6, 6.07) is 2.15. The number of nitrogens with one attached hydrogen (secondary N) is 1. The molecule has 0 aromatic carbocycles. The molecule has 1 unspecified atom stereocenters. The zero-order chi connectivity index (χ0) is 30.6. The van der Waals surface area contributed by atoms with Crippen molar-refractivity contribution in [2.45, 2.75) is 99.6 Å². The summed E-state index contributed by atoms with van der Waals surface area (Å²) in [5, 5.41) is 12.0. The molecule has 8 heteroatoms. The van der Waals surface area contributed by atoms with Crippen molar-refractivity contribution in [2.24, 2.45) is 62.6 Å². The number of allylic oxidation sites excluding steroid dienone is 2. The summed E-state index contributed by atoms with van der Waals surface area (Å²) < 4.78 is 38.9. The van der Waals surface area contributed by atoms with Crippen LogP contribution in [0.15, 0.2) is 11.6 Å². The van der Waals surface area contributed by atoms with E-state index >= 15 is 0 Å². The summed E-state index contributed by atoms with van der Waals surface area (Å²) in [6.07, 6.45) is 2.21. The van der Waals surface area contributed by atoms with Crippen molar-refractivity contribution in [3.05, 3.63) is 11.6 Å². The number of alkyl halides is 3. The molecule has 4 saturated carbocycles. The largest absolute Gasteiger partial charge is 0.405 e. The van der Waals surface area contributed by atoms with Gasteiger partial charge in [-0.2, -0.15) is 18.4 Å². The molecule has 5 aliphatic rings. The molecule has 9 atom stereocenters. The van der Waals surface area contributed by atoms with Gasteiger partial charge in [-0.05, 0) is 83.9 Å². The van der Waals surface area contributed by atoms with Crippen LogP contribution >= 0.6 is 0 Å². The Morgan fingerprint density at radius 3 is 2.22 bits per heavy atom. The summed E-state index contributed by atoms with van der Waals surface area (Å²) in [5.41, 5.74) is -1.84. The first-order chi connectivity index (χ1) is 18.7. The van der Waals surface area contributed by atoms with E-state index in [0.29, 0.717) is 19.3 Å². The Labute approximate surface area is 242 Å². The maximum atomic E-state index is 14.4. The van der Waals surface area contributed by atoms with Gasteiger partial charge in [0.25, 0.3) is 0 Å². The van der Waals surface area contributed by atoms with E-state index in [-0.39, 0.29) is 63.0 Å². The monoisotopic (exact) mass is 574 g/mol. The molecule has 1 amide bonds. The Bertz CT molecular complexity index is 1240. The van der Waals surface area contributed by atoms with E-state index in [1.54, 1.807) is 0 Å². The Morgan fingerprint density at radius 1 is 0.976 bits per heavy atom. The third-order valence-corrected chi connectivity index (χ3v) is 13.1. The molecule has 0 radical (unpaired) electrons. The second-order valence-electron chi connectivity index (χ2n) is 16.1. The molecule has 0 bridgehead atoms. The summed E-state index contributed by atoms with van der Waals surface area (Å²) in [7, 11) is 0. The zero-order valence-corrected chi connectivity index (χ0v) is 25.5. The maximum Gasteiger partial charge on any atom is 0.405 e. The number of carbonyl (C=O) groups is 3. The highest BCUT2D eigenvalue weighted by Gasteiger charge is 2.71. The van der Waals surface area contributed by atoms with E-state index in [9.17, 15) is 32.8 Å². The molecule has 4 fully saturated rings. The molecule has 226 valence electrons. The zero-order valence-electron chi connectivity index (χ0n) is 25.5. The van der Waals surface area contributed by atoms with Crippen molar-refractivity contribution in [3.63, 3.8) is 0 Å². The molecule has 5 nitrogen and oxygen atoms in total. The standard InChI is InChI=1S/C33H45F3N2O3/c1-28(2)14-20-19(21(15-28)27(41)38-17-33(34,35)36)8-10-32(7)25(20)22(39)12-24-30(5)13-18(16-37)26(40)29(3,4)23(30)9-11-31(24,32)6/h13,19-21,23-25H,8-12,14-15,17H2,1-7H3,(H,38,41)/t19-,20-,21+,23-,24?,25-,30-,31+,32+/m0/s1. The molecule has 0 aromatic heterocycles. The van der Waals surface area contributed by atoms with Crippen molar-refractivity contribution in [1.82, 2.24) is 5.32 Å². The lowest BCUT2D eigenvalue weighted by Crippen LogP contribution is -2.68. The lowest BCUT2D eigenvalue weighted by Gasteiger charge is -2.71. The minimum atomic E-state index is -4.47. The van der Waals surface area contributed by atoms with Gasteiger partial charge >= 0.3 is 6.18 Å². The topological polar surface area (TPSA) is 87.0 Å². The molecule has 41 heavy (non-hydrogen) atoms. The molecule has 0 aliphatic heterocycles. The molecule has 0 saturated heterocycles. The summed E-state index contributed by atoms with van der Waals surface area (Å²) >= 11 is 0.